The molecule has 0 fully saturated rings. The van der Waals surface area contributed by atoms with Crippen LogP contribution in [-0.4, -0.2) is 29.2 Å². The van der Waals surface area contributed by atoms with Crippen LogP contribution in [0.25, 0.3) is 0 Å². The van der Waals surface area contributed by atoms with E-state index in [0.717, 1.165) is 19.4 Å². The molecule has 2 nitrogen and oxygen atoms in total. The smallest absolute Gasteiger partial charge is 0.122 e. The Labute approximate surface area is 142 Å². The fourth-order valence-electron chi connectivity index (χ4n) is 2.27. The van der Waals surface area contributed by atoms with Crippen LogP contribution in [0.2, 0.25) is 0 Å². The van der Waals surface area contributed by atoms with Crippen molar-refractivity contribution in [3.05, 3.63) is 35.9 Å². The van der Waals surface area contributed by atoms with Crippen molar-refractivity contribution in [3.8, 4) is 11.8 Å². The van der Waals surface area contributed by atoms with Crippen LogP contribution < -0.4 is 0 Å². The van der Waals surface area contributed by atoms with Crippen LogP contribution >= 0.6 is 12.4 Å². The van der Waals surface area contributed by atoms with Gasteiger partial charge in [0.25, 0.3) is 0 Å². The van der Waals surface area contributed by atoms with Gasteiger partial charge in [0.2, 0.25) is 0 Å². The fourth-order valence-corrected chi connectivity index (χ4v) is 2.27. The summed E-state index contributed by atoms with van der Waals surface area (Å²) in [5.74, 6) is 6.13. The number of halogens is 1. The Hall–Kier alpha value is -1.01. The molecule has 1 N–H and O–H groups in total. The molecule has 1 rings (SSSR count). The summed E-state index contributed by atoms with van der Waals surface area (Å²) in [4.78, 5) is 2.16. The summed E-state index contributed by atoms with van der Waals surface area (Å²) >= 11 is 0. The minimum atomic E-state index is -0.846. The van der Waals surface area contributed by atoms with E-state index >= 15 is 0 Å². The van der Waals surface area contributed by atoms with Gasteiger partial charge in [-0.25, -0.2) is 0 Å². The van der Waals surface area contributed by atoms with Gasteiger partial charge in [-0.2, -0.15) is 0 Å². The van der Waals surface area contributed by atoms with Crippen molar-refractivity contribution in [3.63, 3.8) is 0 Å². The van der Waals surface area contributed by atoms with Gasteiger partial charge in [0, 0.05) is 6.54 Å². The molecule has 1 aromatic carbocycles. The van der Waals surface area contributed by atoms with E-state index in [1.54, 1.807) is 0 Å². The SMILES string of the molecule is CCCCCCC(C)(O)C#CCN(C)Cc1ccccc1.Cl. The van der Waals surface area contributed by atoms with Crippen LogP contribution in [0.15, 0.2) is 30.3 Å². The Bertz CT molecular complexity index is 447. The molecule has 1 aromatic rings. The van der Waals surface area contributed by atoms with Crippen LogP contribution in [0.5, 0.6) is 0 Å². The molecular weight excluding hydrogens is 294 g/mol. The maximum atomic E-state index is 10.2. The third kappa shape index (κ3) is 9.84. The number of unbranched alkanes of at least 4 members (excludes halogenated alkanes) is 3. The molecule has 0 saturated heterocycles. The van der Waals surface area contributed by atoms with E-state index in [1.165, 1.54) is 24.8 Å². The Balaban J connectivity index is 0.00000441. The lowest BCUT2D eigenvalue weighted by molar-refractivity contribution is 0.108. The van der Waals surface area contributed by atoms with Gasteiger partial charge in [-0.15, -0.1) is 12.4 Å². The maximum Gasteiger partial charge on any atom is 0.122 e. The van der Waals surface area contributed by atoms with Gasteiger partial charge in [-0.1, -0.05) is 68.4 Å². The zero-order valence-corrected chi connectivity index (χ0v) is 15.0. The molecule has 1 atom stereocenters. The minimum absolute atomic E-state index is 0. The molecule has 0 aromatic heterocycles. The first kappa shape index (κ1) is 21.0. The molecule has 0 aliphatic rings. The molecule has 0 spiro atoms. The van der Waals surface area contributed by atoms with Crippen LogP contribution in [0.4, 0.5) is 0 Å². The zero-order valence-electron chi connectivity index (χ0n) is 14.1. The third-order valence-electron chi connectivity index (χ3n) is 3.52. The van der Waals surface area contributed by atoms with E-state index in [9.17, 15) is 5.11 Å². The molecule has 0 bridgehead atoms. The highest BCUT2D eigenvalue weighted by Gasteiger charge is 2.15. The predicted molar refractivity (Wildman–Crippen MR) is 97.2 cm³/mol. The largest absolute Gasteiger partial charge is 0.378 e. The minimum Gasteiger partial charge on any atom is -0.378 e. The van der Waals surface area contributed by atoms with E-state index in [2.05, 4.69) is 55.0 Å². The van der Waals surface area contributed by atoms with Crippen molar-refractivity contribution in [1.29, 1.82) is 0 Å². The Morgan fingerprint density at radius 2 is 1.82 bits per heavy atom. The molecule has 0 aliphatic carbocycles. The highest BCUT2D eigenvalue weighted by atomic mass is 35.5. The second-order valence-corrected chi connectivity index (χ2v) is 6.04. The Morgan fingerprint density at radius 1 is 1.14 bits per heavy atom. The first-order valence-electron chi connectivity index (χ1n) is 7.98. The maximum absolute atomic E-state index is 10.2. The Kier molecular flexibility index (Phi) is 11.0. The summed E-state index contributed by atoms with van der Waals surface area (Å²) in [6.45, 7) is 5.58. The summed E-state index contributed by atoms with van der Waals surface area (Å²) in [5, 5.41) is 10.2. The number of hydrogen-bond donors (Lipinski definition) is 1. The second-order valence-electron chi connectivity index (χ2n) is 6.04. The van der Waals surface area contributed by atoms with E-state index in [4.69, 9.17) is 0 Å². The van der Waals surface area contributed by atoms with Gasteiger partial charge in [0.15, 0.2) is 0 Å². The number of aliphatic hydroxyl groups is 1. The molecule has 0 aliphatic heterocycles. The van der Waals surface area contributed by atoms with Crippen LogP contribution in [0, 0.1) is 11.8 Å². The molecule has 0 heterocycles. The van der Waals surface area contributed by atoms with Crippen LogP contribution in [0.3, 0.4) is 0 Å². The van der Waals surface area contributed by atoms with E-state index in [-0.39, 0.29) is 12.4 Å². The average Bonchev–Trinajstić information content (AvgIpc) is 2.44. The van der Waals surface area contributed by atoms with Crippen molar-refractivity contribution in [2.45, 2.75) is 58.1 Å². The monoisotopic (exact) mass is 323 g/mol. The van der Waals surface area contributed by atoms with E-state index in [1.807, 2.05) is 13.0 Å². The van der Waals surface area contributed by atoms with Crippen LogP contribution in [0.1, 0.15) is 51.5 Å². The number of hydrogen-bond acceptors (Lipinski definition) is 2. The van der Waals surface area contributed by atoms with Crippen molar-refractivity contribution >= 4 is 12.4 Å². The van der Waals surface area contributed by atoms with Gasteiger partial charge in [-0.3, -0.25) is 4.90 Å². The number of nitrogens with zero attached hydrogens (tertiary/aromatic N) is 1. The first-order valence-corrected chi connectivity index (χ1v) is 7.98. The van der Waals surface area contributed by atoms with E-state index in [0.29, 0.717) is 6.54 Å². The average molecular weight is 324 g/mol. The predicted octanol–water partition coefficient (Wildman–Crippen LogP) is 4.27. The standard InChI is InChI=1S/C19H29NO.ClH/c1-4-5-6-10-14-19(2,21)15-11-16-20(3)17-18-12-8-7-9-13-18;/h7-9,12-13,21H,4-6,10,14,16-17H2,1-3H3;1H. The van der Waals surface area contributed by atoms with Crippen molar-refractivity contribution in [2.75, 3.05) is 13.6 Å². The second kappa shape index (κ2) is 11.5. The highest BCUT2D eigenvalue weighted by molar-refractivity contribution is 5.85. The van der Waals surface area contributed by atoms with E-state index < -0.39 is 5.60 Å². The molecule has 0 radical (unpaired) electrons. The summed E-state index contributed by atoms with van der Waals surface area (Å²) in [5.41, 5.74) is 0.439. The molecule has 1 unspecified atom stereocenters. The fraction of sp³-hybridized carbons (Fsp3) is 0.579. The summed E-state index contributed by atoms with van der Waals surface area (Å²) < 4.78 is 0. The summed E-state index contributed by atoms with van der Waals surface area (Å²) in [7, 11) is 2.05. The first-order chi connectivity index (χ1) is 10.0. The number of rotatable bonds is 8. The quantitative estimate of drug-likeness (QED) is 0.570. The molecule has 0 saturated carbocycles. The third-order valence-corrected chi connectivity index (χ3v) is 3.52. The van der Waals surface area contributed by atoms with Crippen LogP contribution in [-0.2, 0) is 6.54 Å². The normalized spacial score (nSPS) is 13.0. The lowest BCUT2D eigenvalue weighted by atomic mass is 9.98. The van der Waals surface area contributed by atoms with Crippen molar-refractivity contribution in [1.82, 2.24) is 4.90 Å². The van der Waals surface area contributed by atoms with Gasteiger partial charge in [0.1, 0.15) is 5.60 Å². The lowest BCUT2D eigenvalue weighted by Gasteiger charge is -2.17. The van der Waals surface area contributed by atoms with Crippen molar-refractivity contribution < 1.29 is 5.11 Å². The summed E-state index contributed by atoms with van der Waals surface area (Å²) in [6.07, 6.45) is 5.46. The van der Waals surface area contributed by atoms with Crippen molar-refractivity contribution in [2.24, 2.45) is 0 Å². The Morgan fingerprint density at radius 3 is 2.45 bits per heavy atom. The zero-order chi connectivity index (χ0) is 15.6. The summed E-state index contributed by atoms with van der Waals surface area (Å²) in [6, 6.07) is 10.4. The topological polar surface area (TPSA) is 23.5 Å². The lowest BCUT2D eigenvalue weighted by Crippen LogP contribution is -2.23. The number of benzene rings is 1. The molecule has 124 valence electrons. The van der Waals surface area contributed by atoms with Gasteiger partial charge in [-0.05, 0) is 32.4 Å². The molecule has 0 amide bonds. The molecule has 3 heteroatoms. The van der Waals surface area contributed by atoms with Gasteiger partial charge >= 0.3 is 0 Å². The van der Waals surface area contributed by atoms with Gasteiger partial charge < -0.3 is 5.11 Å². The van der Waals surface area contributed by atoms with Gasteiger partial charge in [0.05, 0.1) is 6.54 Å². The molecular formula is C19H30ClNO. The molecule has 22 heavy (non-hydrogen) atoms. The highest BCUT2D eigenvalue weighted by Crippen LogP contribution is 2.14.